The fourth-order valence-electron chi connectivity index (χ4n) is 0.845. The Kier molecular flexibility index (Phi) is 3.22. The van der Waals surface area contributed by atoms with Crippen molar-refractivity contribution >= 4 is 11.6 Å². The summed E-state index contributed by atoms with van der Waals surface area (Å²) in [5, 5.41) is 2.07. The van der Waals surface area contributed by atoms with Crippen molar-refractivity contribution in [2.75, 3.05) is 0 Å². The van der Waals surface area contributed by atoms with E-state index in [-0.39, 0.29) is 5.56 Å². The summed E-state index contributed by atoms with van der Waals surface area (Å²) < 4.78 is 38.5. The number of rotatable bonds is 2. The molecule has 0 heterocycles. The van der Waals surface area contributed by atoms with Gasteiger partial charge in [0.2, 0.25) is 0 Å². The Morgan fingerprint density at radius 3 is 2.57 bits per heavy atom. The van der Waals surface area contributed by atoms with E-state index in [2.05, 4.69) is 10.0 Å². The quantitative estimate of drug-likeness (QED) is 0.241. The molecule has 0 aromatic heterocycles. The summed E-state index contributed by atoms with van der Waals surface area (Å²) in [6.45, 7) is -0.465. The molecule has 0 radical (unpaired) electrons. The topological polar surface area (TPSA) is 48.8 Å². The molecule has 3 nitrogen and oxygen atoms in total. The van der Waals surface area contributed by atoms with Crippen molar-refractivity contribution in [3.05, 3.63) is 44.5 Å². The van der Waals surface area contributed by atoms with Gasteiger partial charge in [-0.05, 0) is 17.2 Å². The summed E-state index contributed by atoms with van der Waals surface area (Å²) in [6, 6.07) is 0.690. The maximum absolute atomic E-state index is 13.0. The van der Waals surface area contributed by atoms with E-state index in [0.29, 0.717) is 6.07 Å². The van der Waals surface area contributed by atoms with E-state index in [1.54, 1.807) is 0 Å². The minimum absolute atomic E-state index is 0.373. The zero-order chi connectivity index (χ0) is 10.7. The molecule has 0 aliphatic rings. The first kappa shape index (κ1) is 10.7. The van der Waals surface area contributed by atoms with Crippen LogP contribution in [0, 0.1) is 17.5 Å². The zero-order valence-corrected chi connectivity index (χ0v) is 7.39. The van der Waals surface area contributed by atoms with Gasteiger partial charge in [0.1, 0.15) is 10.8 Å². The van der Waals surface area contributed by atoms with E-state index in [4.69, 9.17) is 17.1 Å². The Morgan fingerprint density at radius 1 is 1.36 bits per heavy atom. The fraction of sp³-hybridized carbons (Fsp3) is 0.143. The number of nitrogens with zero attached hydrogens (tertiary/aromatic N) is 3. The molecule has 0 spiro atoms. The van der Waals surface area contributed by atoms with Gasteiger partial charge in [0, 0.05) is 4.91 Å². The highest BCUT2D eigenvalue weighted by Crippen LogP contribution is 2.24. The van der Waals surface area contributed by atoms with Gasteiger partial charge in [-0.15, -0.1) is 0 Å². The van der Waals surface area contributed by atoms with Crippen molar-refractivity contribution in [2.24, 2.45) is 5.11 Å². The molecule has 14 heavy (non-hydrogen) atoms. The molecule has 74 valence electrons. The van der Waals surface area contributed by atoms with Crippen LogP contribution in [0.4, 0.5) is 13.2 Å². The first-order valence-electron chi connectivity index (χ1n) is 3.40. The fourth-order valence-corrected chi connectivity index (χ4v) is 0.982. The minimum Gasteiger partial charge on any atom is -0.205 e. The minimum atomic E-state index is -1.48. The standard InChI is InChI=1S/C7H3ClF3N3/c8-5-4(9)1-3(2-13-14-12)6(10)7(5)11/h1H,2H2. The van der Waals surface area contributed by atoms with Crippen molar-refractivity contribution in [3.8, 4) is 0 Å². The highest BCUT2D eigenvalue weighted by Gasteiger charge is 2.16. The lowest BCUT2D eigenvalue weighted by Crippen LogP contribution is -1.96. The van der Waals surface area contributed by atoms with E-state index in [1.807, 2.05) is 0 Å². The Hall–Kier alpha value is -1.39. The molecular weight excluding hydrogens is 219 g/mol. The maximum Gasteiger partial charge on any atom is 0.180 e. The SMILES string of the molecule is [N-]=[N+]=NCc1cc(F)c(Cl)c(F)c1F. The second kappa shape index (κ2) is 4.21. The molecule has 1 aromatic rings. The smallest absolute Gasteiger partial charge is 0.180 e. The third-order valence-corrected chi connectivity index (χ3v) is 1.83. The van der Waals surface area contributed by atoms with Crippen LogP contribution < -0.4 is 0 Å². The van der Waals surface area contributed by atoms with Gasteiger partial charge in [-0.2, -0.15) is 0 Å². The second-order valence-corrected chi connectivity index (χ2v) is 2.73. The van der Waals surface area contributed by atoms with E-state index in [9.17, 15) is 13.2 Å². The summed E-state index contributed by atoms with van der Waals surface area (Å²) in [7, 11) is 0. The molecule has 0 fully saturated rings. The average molecular weight is 222 g/mol. The van der Waals surface area contributed by atoms with Gasteiger partial charge in [0.05, 0.1) is 6.54 Å². The Morgan fingerprint density at radius 2 is 2.00 bits per heavy atom. The number of azide groups is 1. The van der Waals surface area contributed by atoms with Gasteiger partial charge in [-0.3, -0.25) is 0 Å². The van der Waals surface area contributed by atoms with Crippen LogP contribution in [0.2, 0.25) is 5.02 Å². The Labute approximate surface area is 81.7 Å². The van der Waals surface area contributed by atoms with Gasteiger partial charge in [-0.1, -0.05) is 16.7 Å². The summed E-state index contributed by atoms with van der Waals surface area (Å²) >= 11 is 5.10. The largest absolute Gasteiger partial charge is 0.205 e. The number of hydrogen-bond acceptors (Lipinski definition) is 1. The molecule has 0 aliphatic carbocycles. The summed E-state index contributed by atoms with van der Waals surface area (Å²) in [6.07, 6.45) is 0. The second-order valence-electron chi connectivity index (χ2n) is 2.35. The zero-order valence-electron chi connectivity index (χ0n) is 6.64. The summed E-state index contributed by atoms with van der Waals surface area (Å²) in [4.78, 5) is 2.33. The lowest BCUT2D eigenvalue weighted by molar-refractivity contribution is 0.485. The molecule has 1 aromatic carbocycles. The first-order chi connectivity index (χ1) is 6.57. The molecule has 0 amide bonds. The predicted molar refractivity (Wildman–Crippen MR) is 44.2 cm³/mol. The van der Waals surface area contributed by atoms with Gasteiger partial charge >= 0.3 is 0 Å². The summed E-state index contributed by atoms with van der Waals surface area (Å²) in [5.41, 5.74) is 7.56. The van der Waals surface area contributed by atoms with Crippen LogP contribution in [0.5, 0.6) is 0 Å². The monoisotopic (exact) mass is 221 g/mol. The van der Waals surface area contributed by atoms with Crippen molar-refractivity contribution in [3.63, 3.8) is 0 Å². The van der Waals surface area contributed by atoms with Crippen LogP contribution in [-0.2, 0) is 6.54 Å². The van der Waals surface area contributed by atoms with Gasteiger partial charge in [0.25, 0.3) is 0 Å². The van der Waals surface area contributed by atoms with Crippen molar-refractivity contribution in [1.82, 2.24) is 0 Å². The molecule has 0 bridgehead atoms. The molecule has 1 rings (SSSR count). The van der Waals surface area contributed by atoms with E-state index in [0.717, 1.165) is 0 Å². The van der Waals surface area contributed by atoms with E-state index < -0.39 is 29.0 Å². The third kappa shape index (κ3) is 1.92. The van der Waals surface area contributed by atoms with E-state index in [1.165, 1.54) is 0 Å². The first-order valence-corrected chi connectivity index (χ1v) is 3.78. The maximum atomic E-state index is 13.0. The van der Waals surface area contributed by atoms with Crippen LogP contribution in [-0.4, -0.2) is 0 Å². The molecule has 0 aliphatic heterocycles. The average Bonchev–Trinajstić information content (AvgIpc) is 2.18. The highest BCUT2D eigenvalue weighted by molar-refractivity contribution is 6.30. The normalized spacial score (nSPS) is 9.71. The highest BCUT2D eigenvalue weighted by atomic mass is 35.5. The van der Waals surface area contributed by atoms with Crippen molar-refractivity contribution in [2.45, 2.75) is 6.54 Å². The molecule has 0 saturated carbocycles. The number of halogens is 4. The molecule has 7 heteroatoms. The van der Waals surface area contributed by atoms with Crippen LogP contribution in [0.1, 0.15) is 5.56 Å². The van der Waals surface area contributed by atoms with Gasteiger partial charge < -0.3 is 0 Å². The number of hydrogen-bond donors (Lipinski definition) is 0. The van der Waals surface area contributed by atoms with E-state index >= 15 is 0 Å². The van der Waals surface area contributed by atoms with Crippen LogP contribution >= 0.6 is 11.6 Å². The van der Waals surface area contributed by atoms with Crippen LogP contribution in [0.15, 0.2) is 11.2 Å². The molecular formula is C7H3ClF3N3. The van der Waals surface area contributed by atoms with Gasteiger partial charge in [0.15, 0.2) is 11.6 Å². The van der Waals surface area contributed by atoms with Crippen molar-refractivity contribution in [1.29, 1.82) is 0 Å². The van der Waals surface area contributed by atoms with Gasteiger partial charge in [-0.25, -0.2) is 13.2 Å². The number of benzene rings is 1. The lowest BCUT2D eigenvalue weighted by atomic mass is 10.2. The Balaban J connectivity index is 3.25. The third-order valence-electron chi connectivity index (χ3n) is 1.48. The van der Waals surface area contributed by atoms with Crippen molar-refractivity contribution < 1.29 is 13.2 Å². The molecule has 0 atom stereocenters. The van der Waals surface area contributed by atoms with Crippen LogP contribution in [0.3, 0.4) is 0 Å². The van der Waals surface area contributed by atoms with Crippen LogP contribution in [0.25, 0.3) is 10.4 Å². The molecule has 0 unspecified atom stereocenters. The lowest BCUT2D eigenvalue weighted by Gasteiger charge is -2.02. The molecule has 0 saturated heterocycles. The Bertz CT molecular complexity index is 415. The summed E-state index contributed by atoms with van der Waals surface area (Å²) in [5.74, 6) is -3.87. The predicted octanol–water partition coefficient (Wildman–Crippen LogP) is 3.57. The molecule has 0 N–H and O–H groups in total.